The van der Waals surface area contributed by atoms with E-state index < -0.39 is 20.6 Å². The van der Waals surface area contributed by atoms with Gasteiger partial charge >= 0.3 is 0 Å². The van der Waals surface area contributed by atoms with E-state index in [0.717, 1.165) is 0 Å². The third-order valence-electron chi connectivity index (χ3n) is 3.57. The molecule has 0 saturated carbocycles. The SMILES string of the molecule is Cc1cccc([N+](=O)[O-])c1S(=O)(=O)NCC(C(C)C)N(C)C. The van der Waals surface area contributed by atoms with Crippen molar-refractivity contribution in [3.8, 4) is 0 Å². The van der Waals surface area contributed by atoms with E-state index in [-0.39, 0.29) is 23.4 Å². The quantitative estimate of drug-likeness (QED) is 0.608. The molecule has 1 rings (SSSR count). The standard InChI is InChI=1S/C14H23N3O4S/c1-10(2)13(16(4)5)9-15-22(20,21)14-11(3)7-6-8-12(14)17(18)19/h6-8,10,13,15H,9H2,1-5H3. The predicted molar refractivity (Wildman–Crippen MR) is 85.3 cm³/mol. The van der Waals surface area contributed by atoms with Crippen molar-refractivity contribution >= 4 is 15.7 Å². The average Bonchev–Trinajstić information content (AvgIpc) is 2.36. The minimum absolute atomic E-state index is 0.00199. The first-order valence-corrected chi connectivity index (χ1v) is 8.46. The van der Waals surface area contributed by atoms with E-state index in [0.29, 0.717) is 5.56 Å². The van der Waals surface area contributed by atoms with Crippen LogP contribution < -0.4 is 4.72 Å². The number of aryl methyl sites for hydroxylation is 1. The lowest BCUT2D eigenvalue weighted by molar-refractivity contribution is -0.387. The van der Waals surface area contributed by atoms with Crippen molar-refractivity contribution in [1.29, 1.82) is 0 Å². The highest BCUT2D eigenvalue weighted by molar-refractivity contribution is 7.89. The Labute approximate surface area is 131 Å². The Morgan fingerprint density at radius 1 is 1.32 bits per heavy atom. The Kier molecular flexibility index (Phi) is 6.04. The number of hydrogen-bond donors (Lipinski definition) is 1. The van der Waals surface area contributed by atoms with Crippen LogP contribution in [0.15, 0.2) is 23.1 Å². The molecule has 0 aliphatic heterocycles. The summed E-state index contributed by atoms with van der Waals surface area (Å²) < 4.78 is 27.5. The second kappa shape index (κ2) is 7.17. The zero-order valence-corrected chi connectivity index (χ0v) is 14.3. The fourth-order valence-corrected chi connectivity index (χ4v) is 3.86. The number of benzene rings is 1. The minimum atomic E-state index is -3.95. The number of likely N-dealkylation sites (N-methyl/N-ethyl adjacent to an activating group) is 1. The van der Waals surface area contributed by atoms with Gasteiger partial charge in [-0.05, 0) is 32.5 Å². The van der Waals surface area contributed by atoms with E-state index in [1.54, 1.807) is 13.0 Å². The van der Waals surface area contributed by atoms with Crippen LogP contribution in [0.5, 0.6) is 0 Å². The van der Waals surface area contributed by atoms with E-state index >= 15 is 0 Å². The third kappa shape index (κ3) is 4.25. The summed E-state index contributed by atoms with van der Waals surface area (Å²) in [6.07, 6.45) is 0. The second-order valence-electron chi connectivity index (χ2n) is 5.81. The number of nitro benzene ring substituents is 1. The molecular weight excluding hydrogens is 306 g/mol. The van der Waals surface area contributed by atoms with Crippen molar-refractivity contribution in [2.24, 2.45) is 5.92 Å². The van der Waals surface area contributed by atoms with Crippen molar-refractivity contribution in [3.63, 3.8) is 0 Å². The lowest BCUT2D eigenvalue weighted by atomic mass is 10.0. The number of nitrogens with zero attached hydrogens (tertiary/aromatic N) is 2. The van der Waals surface area contributed by atoms with E-state index in [2.05, 4.69) is 4.72 Å². The Balaban J connectivity index is 3.13. The van der Waals surface area contributed by atoms with Crippen LogP contribution in [0.2, 0.25) is 0 Å². The average molecular weight is 329 g/mol. The maximum absolute atomic E-state index is 12.5. The molecule has 0 amide bonds. The van der Waals surface area contributed by atoms with Crippen molar-refractivity contribution in [1.82, 2.24) is 9.62 Å². The summed E-state index contributed by atoms with van der Waals surface area (Å²) in [6.45, 7) is 5.73. The molecule has 0 saturated heterocycles. The van der Waals surface area contributed by atoms with Crippen molar-refractivity contribution < 1.29 is 13.3 Å². The normalized spacial score (nSPS) is 13.6. The van der Waals surface area contributed by atoms with Gasteiger partial charge in [0.15, 0.2) is 4.90 Å². The van der Waals surface area contributed by atoms with Gasteiger partial charge in [-0.2, -0.15) is 0 Å². The van der Waals surface area contributed by atoms with Crippen LogP contribution in [0.1, 0.15) is 19.4 Å². The van der Waals surface area contributed by atoms with Gasteiger partial charge in [-0.15, -0.1) is 0 Å². The second-order valence-corrected chi connectivity index (χ2v) is 7.51. The summed E-state index contributed by atoms with van der Waals surface area (Å²) in [7, 11) is -0.207. The maximum Gasteiger partial charge on any atom is 0.289 e. The van der Waals surface area contributed by atoms with E-state index in [9.17, 15) is 18.5 Å². The van der Waals surface area contributed by atoms with Crippen LogP contribution in [0.4, 0.5) is 5.69 Å². The highest BCUT2D eigenvalue weighted by Crippen LogP contribution is 2.26. The number of rotatable bonds is 7. The maximum atomic E-state index is 12.5. The van der Waals surface area contributed by atoms with Crippen molar-refractivity contribution in [2.45, 2.75) is 31.7 Å². The van der Waals surface area contributed by atoms with Gasteiger partial charge in [-0.25, -0.2) is 13.1 Å². The molecule has 124 valence electrons. The summed E-state index contributed by atoms with van der Waals surface area (Å²) in [4.78, 5) is 12.1. The van der Waals surface area contributed by atoms with Crippen LogP contribution in [0.3, 0.4) is 0 Å². The Hall–Kier alpha value is -1.51. The number of nitrogens with one attached hydrogen (secondary N) is 1. The summed E-state index contributed by atoms with van der Waals surface area (Å²) in [5, 5.41) is 11.1. The minimum Gasteiger partial charge on any atom is -0.305 e. The summed E-state index contributed by atoms with van der Waals surface area (Å²) >= 11 is 0. The lowest BCUT2D eigenvalue weighted by Crippen LogP contribution is -2.43. The van der Waals surface area contributed by atoms with Gasteiger partial charge in [0.25, 0.3) is 5.69 Å². The van der Waals surface area contributed by atoms with E-state index in [1.807, 2.05) is 32.8 Å². The van der Waals surface area contributed by atoms with Gasteiger partial charge in [0, 0.05) is 18.7 Å². The largest absolute Gasteiger partial charge is 0.305 e. The fraction of sp³-hybridized carbons (Fsp3) is 0.571. The molecule has 1 aromatic rings. The molecule has 0 spiro atoms. The lowest BCUT2D eigenvalue weighted by Gasteiger charge is -2.28. The summed E-state index contributed by atoms with van der Waals surface area (Å²) in [5.41, 5.74) is -0.0499. The topological polar surface area (TPSA) is 92.5 Å². The molecule has 7 nitrogen and oxygen atoms in total. The molecule has 0 fully saturated rings. The van der Waals surface area contributed by atoms with Crippen molar-refractivity contribution in [2.75, 3.05) is 20.6 Å². The van der Waals surface area contributed by atoms with Crippen molar-refractivity contribution in [3.05, 3.63) is 33.9 Å². The summed E-state index contributed by atoms with van der Waals surface area (Å²) in [6, 6.07) is 4.22. The zero-order chi connectivity index (χ0) is 17.1. The Morgan fingerprint density at radius 2 is 1.91 bits per heavy atom. The predicted octanol–water partition coefficient (Wildman–Crippen LogP) is 1.77. The van der Waals surface area contributed by atoms with Crippen LogP contribution in [0.25, 0.3) is 0 Å². The summed E-state index contributed by atoms with van der Waals surface area (Å²) in [5.74, 6) is 0.240. The molecule has 0 aliphatic rings. The smallest absolute Gasteiger partial charge is 0.289 e. The highest BCUT2D eigenvalue weighted by atomic mass is 32.2. The first-order chi connectivity index (χ1) is 10.1. The molecule has 0 radical (unpaired) electrons. The van der Waals surface area contributed by atoms with Gasteiger partial charge in [0.1, 0.15) is 0 Å². The third-order valence-corrected chi connectivity index (χ3v) is 5.19. The van der Waals surface area contributed by atoms with E-state index in [1.165, 1.54) is 12.1 Å². The number of hydrogen-bond acceptors (Lipinski definition) is 5. The van der Waals surface area contributed by atoms with Crippen LogP contribution >= 0.6 is 0 Å². The van der Waals surface area contributed by atoms with Gasteiger partial charge in [-0.1, -0.05) is 26.0 Å². The molecule has 1 aromatic carbocycles. The molecule has 0 bridgehead atoms. The van der Waals surface area contributed by atoms with E-state index in [4.69, 9.17) is 0 Å². The van der Waals surface area contributed by atoms with Gasteiger partial charge in [0.2, 0.25) is 10.0 Å². The molecule has 8 heteroatoms. The Bertz CT molecular complexity index is 633. The first kappa shape index (κ1) is 18.5. The zero-order valence-electron chi connectivity index (χ0n) is 13.5. The van der Waals surface area contributed by atoms with Gasteiger partial charge < -0.3 is 4.90 Å². The molecule has 0 heterocycles. The molecule has 1 atom stereocenters. The van der Waals surface area contributed by atoms with Gasteiger partial charge in [0.05, 0.1) is 4.92 Å². The number of nitro groups is 1. The van der Waals surface area contributed by atoms with Crippen LogP contribution in [-0.2, 0) is 10.0 Å². The molecule has 0 aliphatic carbocycles. The number of sulfonamides is 1. The van der Waals surface area contributed by atoms with Crippen LogP contribution in [0, 0.1) is 23.0 Å². The monoisotopic (exact) mass is 329 g/mol. The first-order valence-electron chi connectivity index (χ1n) is 6.98. The Morgan fingerprint density at radius 3 is 2.36 bits per heavy atom. The molecular formula is C14H23N3O4S. The highest BCUT2D eigenvalue weighted by Gasteiger charge is 2.29. The van der Waals surface area contributed by atoms with Gasteiger partial charge in [-0.3, -0.25) is 10.1 Å². The van der Waals surface area contributed by atoms with Crippen LogP contribution in [-0.4, -0.2) is 44.9 Å². The molecule has 1 N–H and O–H groups in total. The molecule has 1 unspecified atom stereocenters. The molecule has 0 aromatic heterocycles. The fourth-order valence-electron chi connectivity index (χ4n) is 2.41. The molecule has 22 heavy (non-hydrogen) atoms.